The summed E-state index contributed by atoms with van der Waals surface area (Å²) in [5.41, 5.74) is 4.08. The number of anilines is 2. The second-order valence-electron chi connectivity index (χ2n) is 4.12. The first-order valence-corrected chi connectivity index (χ1v) is 7.65. The number of nitrogens with zero attached hydrogens (tertiary/aromatic N) is 2. The van der Waals surface area contributed by atoms with Crippen molar-refractivity contribution >= 4 is 43.2 Å². The lowest BCUT2D eigenvalue weighted by atomic mass is 10.1. The Morgan fingerprint density at radius 1 is 1.16 bits per heavy atom. The molecule has 0 unspecified atom stereocenters. The highest BCUT2D eigenvalue weighted by atomic mass is 79.9. The minimum Gasteiger partial charge on any atom is -0.344 e. The molecule has 2 aromatic rings. The fourth-order valence-corrected chi connectivity index (χ4v) is 2.68. The van der Waals surface area contributed by atoms with Gasteiger partial charge in [0.25, 0.3) is 0 Å². The monoisotopic (exact) mass is 378 g/mol. The smallest absolute Gasteiger partial charge is 0.0991 e. The van der Waals surface area contributed by atoms with Crippen LogP contribution >= 0.6 is 31.9 Å². The van der Waals surface area contributed by atoms with Crippen LogP contribution in [0.1, 0.15) is 11.1 Å². The molecule has 0 bridgehead atoms. The number of hydrogen-bond acceptors (Lipinski definition) is 2. The number of rotatable bonds is 3. The Morgan fingerprint density at radius 2 is 1.84 bits per heavy atom. The lowest BCUT2D eigenvalue weighted by Gasteiger charge is -2.22. The molecule has 0 aliphatic carbocycles. The average Bonchev–Trinajstić information content (AvgIpc) is 2.46. The Morgan fingerprint density at radius 3 is 2.42 bits per heavy atom. The van der Waals surface area contributed by atoms with E-state index in [2.05, 4.69) is 55.0 Å². The van der Waals surface area contributed by atoms with Gasteiger partial charge in [0.05, 0.1) is 11.6 Å². The molecule has 0 heterocycles. The average molecular weight is 380 g/mol. The van der Waals surface area contributed by atoms with Gasteiger partial charge in [0.2, 0.25) is 0 Å². The maximum Gasteiger partial charge on any atom is 0.0991 e. The standard InChI is InChI=1S/C15H12Br2N2/c1-19(14-6-2-11(10-18)3-7-14)15-8-13(17)5-4-12(15)9-16/h2-8H,9H2,1H3. The SMILES string of the molecule is CN(c1ccc(C#N)cc1)c1cc(Br)ccc1CBr. The molecule has 0 amide bonds. The third kappa shape index (κ3) is 3.17. The van der Waals surface area contributed by atoms with Crippen LogP contribution in [0.25, 0.3) is 0 Å². The van der Waals surface area contributed by atoms with E-state index >= 15 is 0 Å². The van der Waals surface area contributed by atoms with E-state index in [1.54, 1.807) is 0 Å². The molecule has 0 spiro atoms. The lowest BCUT2D eigenvalue weighted by molar-refractivity contribution is 1.18. The van der Waals surface area contributed by atoms with Crippen molar-refractivity contribution in [2.75, 3.05) is 11.9 Å². The summed E-state index contributed by atoms with van der Waals surface area (Å²) in [7, 11) is 2.02. The number of nitriles is 1. The molecule has 4 heteroatoms. The molecule has 2 nitrogen and oxygen atoms in total. The third-order valence-corrected chi connectivity index (χ3v) is 4.03. The molecular formula is C15H12Br2N2. The first kappa shape index (κ1) is 14.1. The van der Waals surface area contributed by atoms with Crippen LogP contribution in [0.4, 0.5) is 11.4 Å². The van der Waals surface area contributed by atoms with E-state index in [1.807, 2.05) is 37.4 Å². The van der Waals surface area contributed by atoms with Crippen LogP contribution in [0, 0.1) is 11.3 Å². The van der Waals surface area contributed by atoms with Gasteiger partial charge in [0.15, 0.2) is 0 Å². The van der Waals surface area contributed by atoms with E-state index in [9.17, 15) is 0 Å². The summed E-state index contributed by atoms with van der Waals surface area (Å²) < 4.78 is 1.05. The molecule has 0 N–H and O–H groups in total. The van der Waals surface area contributed by atoms with Gasteiger partial charge in [0.1, 0.15) is 0 Å². The van der Waals surface area contributed by atoms with Crippen LogP contribution in [0.15, 0.2) is 46.9 Å². The number of alkyl halides is 1. The summed E-state index contributed by atoms with van der Waals surface area (Å²) in [6.07, 6.45) is 0. The first-order chi connectivity index (χ1) is 9.15. The van der Waals surface area contributed by atoms with Crippen molar-refractivity contribution in [3.8, 4) is 6.07 Å². The molecule has 0 radical (unpaired) electrons. The predicted molar refractivity (Wildman–Crippen MR) is 86.0 cm³/mol. The van der Waals surface area contributed by atoms with Crippen LogP contribution in [0.2, 0.25) is 0 Å². The van der Waals surface area contributed by atoms with E-state index in [1.165, 1.54) is 5.56 Å². The van der Waals surface area contributed by atoms with Crippen molar-refractivity contribution in [3.05, 3.63) is 58.1 Å². The molecule has 0 saturated heterocycles. The van der Waals surface area contributed by atoms with Gasteiger partial charge in [-0.05, 0) is 42.0 Å². The molecule has 96 valence electrons. The Balaban J connectivity index is 2.40. The van der Waals surface area contributed by atoms with Crippen molar-refractivity contribution in [2.45, 2.75) is 5.33 Å². The topological polar surface area (TPSA) is 27.0 Å². The van der Waals surface area contributed by atoms with Crippen LogP contribution in [-0.2, 0) is 5.33 Å². The Bertz CT molecular complexity index is 615. The summed E-state index contributed by atoms with van der Waals surface area (Å²) >= 11 is 7.02. The van der Waals surface area contributed by atoms with Gasteiger partial charge in [-0.1, -0.05) is 37.9 Å². The first-order valence-electron chi connectivity index (χ1n) is 5.74. The molecule has 19 heavy (non-hydrogen) atoms. The van der Waals surface area contributed by atoms with Crippen molar-refractivity contribution in [2.24, 2.45) is 0 Å². The Hall–Kier alpha value is -1.31. The zero-order valence-electron chi connectivity index (χ0n) is 10.4. The van der Waals surface area contributed by atoms with Crippen molar-refractivity contribution in [1.29, 1.82) is 5.26 Å². The molecule has 2 rings (SSSR count). The molecule has 0 saturated carbocycles. The van der Waals surface area contributed by atoms with Gasteiger partial charge in [-0.3, -0.25) is 0 Å². The van der Waals surface area contributed by atoms with Gasteiger partial charge in [-0.25, -0.2) is 0 Å². The van der Waals surface area contributed by atoms with E-state index in [0.29, 0.717) is 5.56 Å². The summed E-state index contributed by atoms with van der Waals surface area (Å²) in [6.45, 7) is 0. The lowest BCUT2D eigenvalue weighted by Crippen LogP contribution is -2.11. The fourth-order valence-electron chi connectivity index (χ4n) is 1.86. The van der Waals surface area contributed by atoms with E-state index < -0.39 is 0 Å². The Kier molecular flexibility index (Phi) is 4.62. The minimum absolute atomic E-state index is 0.673. The largest absolute Gasteiger partial charge is 0.344 e. The summed E-state index contributed by atoms with van der Waals surface area (Å²) in [5.74, 6) is 0. The highest BCUT2D eigenvalue weighted by Crippen LogP contribution is 2.31. The van der Waals surface area contributed by atoms with Crippen LogP contribution < -0.4 is 4.90 Å². The maximum atomic E-state index is 8.83. The summed E-state index contributed by atoms with van der Waals surface area (Å²) in [5, 5.41) is 9.63. The van der Waals surface area contributed by atoms with Gasteiger partial charge in [-0.2, -0.15) is 5.26 Å². The summed E-state index contributed by atoms with van der Waals surface area (Å²) in [4.78, 5) is 2.11. The number of benzene rings is 2. The second kappa shape index (κ2) is 6.23. The molecule has 0 fully saturated rings. The predicted octanol–water partition coefficient (Wildman–Crippen LogP) is 4.98. The molecule has 0 aliphatic rings. The zero-order valence-corrected chi connectivity index (χ0v) is 13.6. The van der Waals surface area contributed by atoms with Crippen LogP contribution in [0.3, 0.4) is 0 Å². The van der Waals surface area contributed by atoms with Gasteiger partial charge in [0, 0.05) is 28.2 Å². The van der Waals surface area contributed by atoms with Crippen molar-refractivity contribution in [3.63, 3.8) is 0 Å². The molecule has 2 aromatic carbocycles. The fraction of sp³-hybridized carbons (Fsp3) is 0.133. The molecular weight excluding hydrogens is 368 g/mol. The second-order valence-corrected chi connectivity index (χ2v) is 5.60. The van der Waals surface area contributed by atoms with E-state index in [4.69, 9.17) is 5.26 Å². The van der Waals surface area contributed by atoms with Gasteiger partial charge >= 0.3 is 0 Å². The highest BCUT2D eigenvalue weighted by Gasteiger charge is 2.09. The Labute approximate surface area is 129 Å². The minimum atomic E-state index is 0.673. The van der Waals surface area contributed by atoms with Gasteiger partial charge < -0.3 is 4.90 Å². The molecule has 0 aromatic heterocycles. The van der Waals surface area contributed by atoms with E-state index in [0.717, 1.165) is 21.2 Å². The molecule has 0 aliphatic heterocycles. The quantitative estimate of drug-likeness (QED) is 0.703. The maximum absolute atomic E-state index is 8.83. The van der Waals surface area contributed by atoms with Crippen molar-refractivity contribution in [1.82, 2.24) is 0 Å². The van der Waals surface area contributed by atoms with Gasteiger partial charge in [-0.15, -0.1) is 0 Å². The van der Waals surface area contributed by atoms with Crippen molar-refractivity contribution < 1.29 is 0 Å². The van der Waals surface area contributed by atoms with Crippen LogP contribution in [-0.4, -0.2) is 7.05 Å². The highest BCUT2D eigenvalue weighted by molar-refractivity contribution is 9.10. The number of hydrogen-bond donors (Lipinski definition) is 0. The van der Waals surface area contributed by atoms with E-state index in [-0.39, 0.29) is 0 Å². The zero-order chi connectivity index (χ0) is 13.8. The normalized spacial score (nSPS) is 10.0. The number of halogens is 2. The van der Waals surface area contributed by atoms with Crippen LogP contribution in [0.5, 0.6) is 0 Å². The third-order valence-electron chi connectivity index (χ3n) is 2.94. The molecule has 0 atom stereocenters. The summed E-state index contributed by atoms with van der Waals surface area (Å²) in [6, 6.07) is 15.9.